The van der Waals surface area contributed by atoms with Crippen LogP contribution < -0.4 is 0 Å². The van der Waals surface area contributed by atoms with Crippen molar-refractivity contribution < 1.29 is 50.5 Å². The molecule has 0 saturated heterocycles. The van der Waals surface area contributed by atoms with Crippen LogP contribution in [-0.4, -0.2) is 24.2 Å². The van der Waals surface area contributed by atoms with Crippen molar-refractivity contribution in [3.63, 3.8) is 0 Å². The molecule has 0 unspecified atom stereocenters. The SMILES string of the molecule is COCC(C)(C)C.OOOOOOOOO. The summed E-state index contributed by atoms with van der Waals surface area (Å²) in [5.74, 6) is 0. The molecular formula is C6H16O10. The largest absolute Gasteiger partial charge is 0.384 e. The third-order valence-electron chi connectivity index (χ3n) is 0.749. The highest BCUT2D eigenvalue weighted by Crippen LogP contribution is 2.11. The van der Waals surface area contributed by atoms with Crippen molar-refractivity contribution in [3.05, 3.63) is 0 Å². The van der Waals surface area contributed by atoms with Crippen LogP contribution in [0.3, 0.4) is 0 Å². The fourth-order valence-corrected chi connectivity index (χ4v) is 0.492. The van der Waals surface area contributed by atoms with Crippen LogP contribution in [-0.2, 0) is 40.0 Å². The summed E-state index contributed by atoms with van der Waals surface area (Å²) >= 11 is 0. The van der Waals surface area contributed by atoms with Gasteiger partial charge in [-0.05, 0) is 40.7 Å². The predicted molar refractivity (Wildman–Crippen MR) is 44.2 cm³/mol. The number of ether oxygens (including phenoxy) is 1. The first kappa shape index (κ1) is 18.0. The van der Waals surface area contributed by atoms with Gasteiger partial charge in [-0.1, -0.05) is 20.8 Å². The summed E-state index contributed by atoms with van der Waals surface area (Å²) in [6.45, 7) is 7.29. The van der Waals surface area contributed by atoms with Crippen LogP contribution in [0.25, 0.3) is 0 Å². The van der Waals surface area contributed by atoms with E-state index in [1.54, 1.807) is 7.11 Å². The van der Waals surface area contributed by atoms with Gasteiger partial charge in [0.15, 0.2) is 0 Å². The molecule has 0 aliphatic heterocycles. The van der Waals surface area contributed by atoms with Crippen LogP contribution in [0, 0.1) is 5.41 Å². The molecule has 0 aromatic heterocycles. The van der Waals surface area contributed by atoms with Crippen molar-refractivity contribution in [2.75, 3.05) is 13.7 Å². The fraction of sp³-hybridized carbons (Fsp3) is 1.00. The maximum absolute atomic E-state index is 7.32. The third kappa shape index (κ3) is 23.4. The molecule has 0 heterocycles. The summed E-state index contributed by atoms with van der Waals surface area (Å²) < 4.78 is 4.91. The molecule has 0 aromatic carbocycles. The number of hydrogen-bond acceptors (Lipinski definition) is 10. The zero-order chi connectivity index (χ0) is 12.9. The molecule has 0 aromatic rings. The summed E-state index contributed by atoms with van der Waals surface area (Å²) in [7, 11) is 1.73. The Balaban J connectivity index is 0. The molecule has 100 valence electrons. The second-order valence-corrected chi connectivity index (χ2v) is 3.48. The summed E-state index contributed by atoms with van der Waals surface area (Å²) in [6, 6.07) is 0. The van der Waals surface area contributed by atoms with Crippen molar-refractivity contribution in [1.82, 2.24) is 0 Å². The molecule has 2 N–H and O–H groups in total. The lowest BCUT2D eigenvalue weighted by atomic mass is 9.99. The number of hydrogen-bond donors (Lipinski definition) is 2. The van der Waals surface area contributed by atoms with Crippen LogP contribution in [0.15, 0.2) is 0 Å². The van der Waals surface area contributed by atoms with E-state index in [0.29, 0.717) is 5.41 Å². The molecule has 10 nitrogen and oxygen atoms in total. The Morgan fingerprint density at radius 3 is 1.38 bits per heavy atom. The normalized spacial score (nSPS) is 10.9. The fourth-order valence-electron chi connectivity index (χ4n) is 0.492. The van der Waals surface area contributed by atoms with E-state index in [1.807, 2.05) is 0 Å². The first-order chi connectivity index (χ1) is 7.47. The van der Waals surface area contributed by atoms with Crippen LogP contribution in [0.4, 0.5) is 0 Å². The minimum absolute atomic E-state index is 0.328. The van der Waals surface area contributed by atoms with Gasteiger partial charge in [-0.15, -0.1) is 0 Å². The summed E-state index contributed by atoms with van der Waals surface area (Å²) in [5.41, 5.74) is 0.328. The molecule has 0 rings (SSSR count). The average Bonchev–Trinajstić information content (AvgIpc) is 2.17. The van der Waals surface area contributed by atoms with E-state index in [2.05, 4.69) is 56.0 Å². The smallest absolute Gasteiger partial charge is 0.0510 e. The van der Waals surface area contributed by atoms with Gasteiger partial charge in [-0.3, -0.25) is 0 Å². The number of rotatable bonds is 7. The minimum atomic E-state index is 0.328. The van der Waals surface area contributed by atoms with E-state index in [1.165, 1.54) is 0 Å². The van der Waals surface area contributed by atoms with Gasteiger partial charge in [0, 0.05) is 7.11 Å². The molecule has 0 spiro atoms. The van der Waals surface area contributed by atoms with Gasteiger partial charge in [-0.25, -0.2) is 10.5 Å². The standard InChI is InChI=1S/C6H14O.H2O9/c1-6(2,3)5-7-4;1-3-5-7-9-8-6-4-2/h5H2,1-4H3;1-2H. The molecule has 0 aliphatic carbocycles. The predicted octanol–water partition coefficient (Wildman–Crippen LogP) is 1.22. The lowest BCUT2D eigenvalue weighted by Gasteiger charge is -2.15. The Labute approximate surface area is 91.5 Å². The zero-order valence-electron chi connectivity index (χ0n) is 9.37. The summed E-state index contributed by atoms with van der Waals surface area (Å²) in [5, 5.41) is 36.5. The lowest BCUT2D eigenvalue weighted by molar-refractivity contribution is -0.828. The Hall–Kier alpha value is -0.400. The van der Waals surface area contributed by atoms with Gasteiger partial charge in [0.05, 0.1) is 6.61 Å². The first-order valence-corrected chi connectivity index (χ1v) is 3.92. The van der Waals surface area contributed by atoms with Crippen LogP contribution in [0.2, 0.25) is 0 Å². The van der Waals surface area contributed by atoms with E-state index in [4.69, 9.17) is 15.3 Å². The van der Waals surface area contributed by atoms with E-state index < -0.39 is 0 Å². The maximum Gasteiger partial charge on any atom is 0.0510 e. The van der Waals surface area contributed by atoms with Crippen LogP contribution in [0.5, 0.6) is 0 Å². The van der Waals surface area contributed by atoms with Gasteiger partial charge in [0.25, 0.3) is 0 Å². The van der Waals surface area contributed by atoms with Crippen LogP contribution in [0.1, 0.15) is 20.8 Å². The van der Waals surface area contributed by atoms with Crippen molar-refractivity contribution in [1.29, 1.82) is 0 Å². The Morgan fingerprint density at radius 2 is 1.19 bits per heavy atom. The zero-order valence-corrected chi connectivity index (χ0v) is 9.37. The van der Waals surface area contributed by atoms with Crippen molar-refractivity contribution >= 4 is 0 Å². The Kier molecular flexibility index (Phi) is 14.2. The minimum Gasteiger partial charge on any atom is -0.384 e. The van der Waals surface area contributed by atoms with Crippen molar-refractivity contribution in [2.24, 2.45) is 5.41 Å². The quantitative estimate of drug-likeness (QED) is 0.387. The molecule has 0 bridgehead atoms. The highest BCUT2D eigenvalue weighted by molar-refractivity contribution is 4.57. The topological polar surface area (TPSA) is 114 Å². The van der Waals surface area contributed by atoms with E-state index in [9.17, 15) is 0 Å². The average molecular weight is 248 g/mol. The van der Waals surface area contributed by atoms with Gasteiger partial charge >= 0.3 is 0 Å². The summed E-state index contributed by atoms with van der Waals surface area (Å²) in [4.78, 5) is 0. The molecule has 0 radical (unpaired) electrons. The van der Waals surface area contributed by atoms with E-state index in [0.717, 1.165) is 6.61 Å². The second-order valence-electron chi connectivity index (χ2n) is 3.48. The third-order valence-corrected chi connectivity index (χ3v) is 0.749. The molecule has 0 atom stereocenters. The van der Waals surface area contributed by atoms with Gasteiger partial charge in [-0.2, -0.15) is 0 Å². The highest BCUT2D eigenvalue weighted by atomic mass is 17.9. The molecule has 16 heavy (non-hydrogen) atoms. The Morgan fingerprint density at radius 1 is 0.812 bits per heavy atom. The molecular weight excluding hydrogens is 232 g/mol. The van der Waals surface area contributed by atoms with E-state index >= 15 is 0 Å². The molecule has 0 amide bonds. The first-order valence-electron chi connectivity index (χ1n) is 3.92. The van der Waals surface area contributed by atoms with Crippen molar-refractivity contribution in [3.8, 4) is 0 Å². The van der Waals surface area contributed by atoms with Gasteiger partial charge in [0.1, 0.15) is 0 Å². The summed E-state index contributed by atoms with van der Waals surface area (Å²) in [6.07, 6.45) is 0. The van der Waals surface area contributed by atoms with E-state index in [-0.39, 0.29) is 0 Å². The van der Waals surface area contributed by atoms with Crippen molar-refractivity contribution in [2.45, 2.75) is 20.8 Å². The maximum atomic E-state index is 7.32. The molecule has 0 aliphatic rings. The number of methoxy groups -OCH3 is 1. The lowest BCUT2D eigenvalue weighted by Crippen LogP contribution is -2.12. The second kappa shape index (κ2) is 12.7. The highest BCUT2D eigenvalue weighted by Gasteiger charge is 2.07. The Bertz CT molecular complexity index is 117. The monoisotopic (exact) mass is 248 g/mol. The van der Waals surface area contributed by atoms with Gasteiger partial charge < -0.3 is 4.74 Å². The van der Waals surface area contributed by atoms with Gasteiger partial charge in [0.2, 0.25) is 0 Å². The van der Waals surface area contributed by atoms with Crippen LogP contribution >= 0.6 is 0 Å². The molecule has 0 saturated carbocycles. The molecule has 10 heteroatoms. The molecule has 0 fully saturated rings.